The zero-order valence-corrected chi connectivity index (χ0v) is 19.4. The van der Waals surface area contributed by atoms with Crippen molar-refractivity contribution in [2.24, 2.45) is 5.73 Å². The molecule has 0 saturated carbocycles. The minimum absolute atomic E-state index is 0.118. The first-order valence-corrected chi connectivity index (χ1v) is 11.4. The quantitative estimate of drug-likeness (QED) is 0.213. The van der Waals surface area contributed by atoms with Crippen LogP contribution in [0.4, 0.5) is 5.69 Å². The van der Waals surface area contributed by atoms with Crippen LogP contribution in [0.15, 0.2) is 115 Å². The van der Waals surface area contributed by atoms with Crippen molar-refractivity contribution in [3.8, 4) is 0 Å². The van der Waals surface area contributed by atoms with Gasteiger partial charge in [0.2, 0.25) is 11.8 Å². The second kappa shape index (κ2) is 10.7. The van der Waals surface area contributed by atoms with Crippen LogP contribution in [-0.2, 0) is 21.4 Å². The normalized spacial score (nSPS) is 11.9. The highest BCUT2D eigenvalue weighted by atomic mass is 16.6. The van der Waals surface area contributed by atoms with Gasteiger partial charge in [-0.25, -0.2) is 0 Å². The fourth-order valence-corrected chi connectivity index (χ4v) is 4.53. The summed E-state index contributed by atoms with van der Waals surface area (Å²) >= 11 is 0. The van der Waals surface area contributed by atoms with Crippen LogP contribution in [0.2, 0.25) is 0 Å². The van der Waals surface area contributed by atoms with Crippen LogP contribution in [0.5, 0.6) is 0 Å². The van der Waals surface area contributed by atoms with E-state index < -0.39 is 28.2 Å². The number of amides is 2. The van der Waals surface area contributed by atoms with Crippen molar-refractivity contribution in [1.29, 1.82) is 0 Å². The van der Waals surface area contributed by atoms with E-state index in [9.17, 15) is 19.7 Å². The van der Waals surface area contributed by atoms with Crippen molar-refractivity contribution in [2.45, 2.75) is 17.9 Å². The van der Waals surface area contributed by atoms with Crippen LogP contribution < -0.4 is 11.1 Å². The molecule has 36 heavy (non-hydrogen) atoms. The van der Waals surface area contributed by atoms with Crippen LogP contribution in [-0.4, -0.2) is 22.8 Å². The van der Waals surface area contributed by atoms with Gasteiger partial charge in [0.05, 0.1) is 4.92 Å². The fourth-order valence-electron chi connectivity index (χ4n) is 4.53. The Morgan fingerprint density at radius 1 is 0.750 bits per heavy atom. The lowest BCUT2D eigenvalue weighted by Gasteiger charge is -2.35. The molecule has 7 nitrogen and oxygen atoms in total. The number of carbonyl (C=O) groups excluding carboxylic acids is 2. The van der Waals surface area contributed by atoms with Crippen molar-refractivity contribution < 1.29 is 14.5 Å². The summed E-state index contributed by atoms with van der Waals surface area (Å²) in [7, 11) is 0. The number of nitro groups is 1. The van der Waals surface area contributed by atoms with Crippen LogP contribution >= 0.6 is 0 Å². The van der Waals surface area contributed by atoms with E-state index in [1.54, 1.807) is 18.2 Å². The highest BCUT2D eigenvalue weighted by Gasteiger charge is 2.45. The van der Waals surface area contributed by atoms with E-state index in [0.29, 0.717) is 22.3 Å². The van der Waals surface area contributed by atoms with Gasteiger partial charge < -0.3 is 11.1 Å². The van der Waals surface area contributed by atoms with Crippen LogP contribution in [0.3, 0.4) is 0 Å². The number of nitrogens with two attached hydrogens (primary N) is 1. The summed E-state index contributed by atoms with van der Waals surface area (Å²) in [6.45, 7) is 0. The Morgan fingerprint density at radius 3 is 1.58 bits per heavy atom. The predicted molar refractivity (Wildman–Crippen MR) is 137 cm³/mol. The molecule has 180 valence electrons. The predicted octanol–water partition coefficient (Wildman–Crippen LogP) is 4.14. The highest BCUT2D eigenvalue weighted by Crippen LogP contribution is 2.39. The summed E-state index contributed by atoms with van der Waals surface area (Å²) < 4.78 is 0. The van der Waals surface area contributed by atoms with Crippen LogP contribution in [0.1, 0.15) is 22.3 Å². The molecule has 0 radical (unpaired) electrons. The smallest absolute Gasteiger partial charge is 0.272 e. The van der Waals surface area contributed by atoms with Crippen molar-refractivity contribution in [2.75, 3.05) is 0 Å². The number of rotatable bonds is 9. The molecule has 7 heteroatoms. The summed E-state index contributed by atoms with van der Waals surface area (Å²) in [4.78, 5) is 37.8. The first kappa shape index (κ1) is 24.3. The Morgan fingerprint density at radius 2 is 1.17 bits per heavy atom. The molecule has 0 bridgehead atoms. The van der Waals surface area contributed by atoms with Gasteiger partial charge in [0.15, 0.2) is 0 Å². The number of carbonyl (C=O) groups is 2. The molecule has 0 aliphatic heterocycles. The van der Waals surface area contributed by atoms with Crippen molar-refractivity contribution in [3.05, 3.63) is 148 Å². The fraction of sp³-hybridized carbons (Fsp3) is 0.103. The average Bonchev–Trinajstić information content (AvgIpc) is 2.91. The molecule has 4 rings (SSSR count). The number of hydrogen-bond donors (Lipinski definition) is 2. The molecular formula is C29H25N3O4. The molecule has 0 aromatic heterocycles. The summed E-state index contributed by atoms with van der Waals surface area (Å²) in [5, 5.41) is 14.3. The highest BCUT2D eigenvalue weighted by molar-refractivity contribution is 5.98. The molecule has 4 aromatic rings. The Hall–Kier alpha value is -4.78. The van der Waals surface area contributed by atoms with E-state index >= 15 is 0 Å². The molecule has 1 atom stereocenters. The SMILES string of the molecule is NC(=O)[C@@H](Cc1ccccc1[N+](=O)[O-])NC(=O)C(c1ccccc1)(c1ccccc1)c1ccccc1. The number of hydrogen-bond acceptors (Lipinski definition) is 4. The van der Waals surface area contributed by atoms with E-state index in [-0.39, 0.29) is 12.1 Å². The van der Waals surface area contributed by atoms with Gasteiger partial charge in [-0.3, -0.25) is 19.7 Å². The molecule has 0 saturated heterocycles. The molecule has 3 N–H and O–H groups in total. The largest absolute Gasteiger partial charge is 0.368 e. The molecule has 0 heterocycles. The van der Waals surface area contributed by atoms with Gasteiger partial charge in [-0.1, -0.05) is 109 Å². The molecule has 4 aromatic carbocycles. The van der Waals surface area contributed by atoms with Crippen molar-refractivity contribution in [3.63, 3.8) is 0 Å². The maximum absolute atomic E-state index is 14.3. The Bertz CT molecular complexity index is 1260. The monoisotopic (exact) mass is 479 g/mol. The number of para-hydroxylation sites is 1. The lowest BCUT2D eigenvalue weighted by Crippen LogP contribution is -2.54. The van der Waals surface area contributed by atoms with Gasteiger partial charge in [-0.05, 0) is 16.7 Å². The lowest BCUT2D eigenvalue weighted by molar-refractivity contribution is -0.385. The van der Waals surface area contributed by atoms with Gasteiger partial charge >= 0.3 is 0 Å². The van der Waals surface area contributed by atoms with E-state index in [4.69, 9.17) is 5.73 Å². The summed E-state index contributed by atoms with van der Waals surface area (Å²) in [5.41, 5.74) is 6.66. The minimum atomic E-state index is -1.31. The maximum Gasteiger partial charge on any atom is 0.272 e. The zero-order valence-electron chi connectivity index (χ0n) is 19.4. The first-order chi connectivity index (χ1) is 17.4. The van der Waals surface area contributed by atoms with Crippen LogP contribution in [0.25, 0.3) is 0 Å². The molecule has 0 aliphatic rings. The number of benzene rings is 4. The van der Waals surface area contributed by atoms with Gasteiger partial charge in [0.25, 0.3) is 5.69 Å². The number of nitro benzene ring substituents is 1. The van der Waals surface area contributed by atoms with Gasteiger partial charge in [-0.2, -0.15) is 0 Å². The van der Waals surface area contributed by atoms with Gasteiger partial charge in [0, 0.05) is 18.1 Å². The molecular weight excluding hydrogens is 454 g/mol. The third-order valence-corrected chi connectivity index (χ3v) is 6.22. The molecule has 0 unspecified atom stereocenters. The number of primary amides is 1. The van der Waals surface area contributed by atoms with Gasteiger partial charge in [-0.15, -0.1) is 0 Å². The third-order valence-electron chi connectivity index (χ3n) is 6.22. The molecule has 0 aliphatic carbocycles. The number of nitrogens with zero attached hydrogens (tertiary/aromatic N) is 1. The maximum atomic E-state index is 14.3. The Kier molecular flexibility index (Phi) is 7.20. The van der Waals surface area contributed by atoms with Crippen LogP contribution in [0, 0.1) is 10.1 Å². The summed E-state index contributed by atoms with van der Waals surface area (Å²) in [5.74, 6) is -1.25. The van der Waals surface area contributed by atoms with E-state index in [0.717, 1.165) is 0 Å². The number of nitrogens with one attached hydrogen (secondary N) is 1. The Balaban J connectivity index is 1.84. The van der Waals surface area contributed by atoms with E-state index in [1.165, 1.54) is 6.07 Å². The van der Waals surface area contributed by atoms with E-state index in [2.05, 4.69) is 5.32 Å². The summed E-state index contributed by atoms with van der Waals surface area (Å²) in [6, 6.07) is 32.8. The average molecular weight is 480 g/mol. The van der Waals surface area contributed by atoms with Gasteiger partial charge in [0.1, 0.15) is 11.5 Å². The third kappa shape index (κ3) is 4.72. The first-order valence-electron chi connectivity index (χ1n) is 11.4. The molecule has 0 fully saturated rings. The Labute approximate surface area is 208 Å². The molecule has 0 spiro atoms. The molecule has 2 amide bonds. The topological polar surface area (TPSA) is 115 Å². The van der Waals surface area contributed by atoms with E-state index in [1.807, 2.05) is 91.0 Å². The minimum Gasteiger partial charge on any atom is -0.368 e. The van der Waals surface area contributed by atoms with Crippen molar-refractivity contribution >= 4 is 17.5 Å². The second-order valence-corrected chi connectivity index (χ2v) is 8.37. The van der Waals surface area contributed by atoms with Crippen molar-refractivity contribution in [1.82, 2.24) is 5.32 Å². The zero-order chi connectivity index (χ0) is 25.5. The lowest BCUT2D eigenvalue weighted by atomic mass is 9.68. The second-order valence-electron chi connectivity index (χ2n) is 8.37. The standard InChI is InChI=1S/C29H25N3O4/c30-27(33)25(20-21-12-10-11-19-26(21)32(35)36)31-28(34)29(22-13-4-1-5-14-22,23-15-6-2-7-16-23)24-17-8-3-9-18-24/h1-19,25H,20H2,(H2,30,33)(H,31,34)/t25-/m1/s1. The summed E-state index contributed by atoms with van der Waals surface area (Å²) in [6.07, 6.45) is -0.118.